The highest BCUT2D eigenvalue weighted by Gasteiger charge is 2.36. The molecule has 0 radical (unpaired) electrons. The lowest BCUT2D eigenvalue weighted by atomic mass is 10.0. The summed E-state index contributed by atoms with van der Waals surface area (Å²) >= 11 is 12.9. The number of halogens is 2. The van der Waals surface area contributed by atoms with Crippen molar-refractivity contribution < 1.29 is 18.0 Å². The van der Waals surface area contributed by atoms with Gasteiger partial charge in [-0.05, 0) is 81.6 Å². The molecule has 10 heteroatoms. The summed E-state index contributed by atoms with van der Waals surface area (Å²) in [5.41, 5.74) is 2.62. The summed E-state index contributed by atoms with van der Waals surface area (Å²) in [5.74, 6) is -0.955. The second-order valence-electron chi connectivity index (χ2n) is 12.3. The van der Waals surface area contributed by atoms with E-state index >= 15 is 0 Å². The summed E-state index contributed by atoms with van der Waals surface area (Å²) in [7, 11) is -4.25. The molecule has 0 aliphatic heterocycles. The quantitative estimate of drug-likeness (QED) is 0.179. The average Bonchev–Trinajstić information content (AvgIpc) is 2.99. The van der Waals surface area contributed by atoms with Crippen LogP contribution in [0.3, 0.4) is 0 Å². The number of amides is 2. The van der Waals surface area contributed by atoms with Crippen LogP contribution in [0, 0.1) is 13.8 Å². The van der Waals surface area contributed by atoms with Gasteiger partial charge in [0.15, 0.2) is 0 Å². The van der Waals surface area contributed by atoms with Crippen molar-refractivity contribution in [3.05, 3.63) is 129 Å². The third kappa shape index (κ3) is 8.90. The number of benzene rings is 4. The second-order valence-corrected chi connectivity index (χ2v) is 15.0. The van der Waals surface area contributed by atoms with Gasteiger partial charge in [0.1, 0.15) is 12.6 Å². The SMILES string of the molecule is Cc1ccc(S(=O)(=O)N(CC(=O)N(Cc2ccccc2Cl)[C@H](Cc2ccccc2)C(=O)NC(C)(C)C)c2cc(Cl)ccc2C)cc1. The number of nitrogens with zero attached hydrogens (tertiary/aromatic N) is 2. The third-order valence-corrected chi connectivity index (χ3v) is 9.77. The number of hydrogen-bond donors (Lipinski definition) is 1. The minimum absolute atomic E-state index is 0.0224. The van der Waals surface area contributed by atoms with Gasteiger partial charge in [0.05, 0.1) is 10.6 Å². The molecule has 4 rings (SSSR count). The molecule has 0 fully saturated rings. The Bertz CT molecular complexity index is 1790. The maximum absolute atomic E-state index is 14.6. The van der Waals surface area contributed by atoms with E-state index in [1.807, 2.05) is 58.0 Å². The van der Waals surface area contributed by atoms with Crippen LogP contribution in [0.4, 0.5) is 5.69 Å². The van der Waals surface area contributed by atoms with E-state index in [1.165, 1.54) is 23.1 Å². The van der Waals surface area contributed by atoms with E-state index in [0.717, 1.165) is 15.4 Å². The van der Waals surface area contributed by atoms with Crippen molar-refractivity contribution in [3.8, 4) is 0 Å². The number of carbonyl (C=O) groups is 2. The average molecular weight is 681 g/mol. The molecule has 0 saturated heterocycles. The van der Waals surface area contributed by atoms with Gasteiger partial charge in [-0.1, -0.05) is 95.5 Å². The third-order valence-electron chi connectivity index (χ3n) is 7.40. The van der Waals surface area contributed by atoms with Crippen LogP contribution in [0.2, 0.25) is 10.0 Å². The summed E-state index contributed by atoms with van der Waals surface area (Å²) in [6.07, 6.45) is 0.194. The van der Waals surface area contributed by atoms with E-state index < -0.39 is 34.1 Å². The molecule has 0 bridgehead atoms. The van der Waals surface area contributed by atoms with E-state index in [-0.39, 0.29) is 29.5 Å². The fourth-order valence-corrected chi connectivity index (χ4v) is 6.85. The van der Waals surface area contributed by atoms with Gasteiger partial charge >= 0.3 is 0 Å². The van der Waals surface area contributed by atoms with Gasteiger partial charge in [-0.15, -0.1) is 0 Å². The molecule has 0 heterocycles. The Kier molecular flexibility index (Phi) is 11.2. The smallest absolute Gasteiger partial charge is 0.264 e. The van der Waals surface area contributed by atoms with E-state index in [0.29, 0.717) is 21.2 Å². The van der Waals surface area contributed by atoms with Gasteiger partial charge in [0.2, 0.25) is 11.8 Å². The Morgan fingerprint density at radius 2 is 1.48 bits per heavy atom. The Morgan fingerprint density at radius 1 is 0.848 bits per heavy atom. The molecule has 0 spiro atoms. The minimum atomic E-state index is -4.25. The maximum atomic E-state index is 14.6. The molecule has 4 aromatic carbocycles. The molecule has 0 saturated carbocycles. The van der Waals surface area contributed by atoms with Crippen LogP contribution in [0.5, 0.6) is 0 Å². The van der Waals surface area contributed by atoms with Crippen LogP contribution in [0.15, 0.2) is 102 Å². The number of carbonyl (C=O) groups excluding carboxylic acids is 2. The monoisotopic (exact) mass is 679 g/mol. The molecular weight excluding hydrogens is 641 g/mol. The predicted octanol–water partition coefficient (Wildman–Crippen LogP) is 7.36. The van der Waals surface area contributed by atoms with Crippen molar-refractivity contribution in [2.45, 2.75) is 64.1 Å². The molecule has 0 aromatic heterocycles. The molecule has 242 valence electrons. The number of hydrogen-bond acceptors (Lipinski definition) is 4. The lowest BCUT2D eigenvalue weighted by molar-refractivity contribution is -0.140. The van der Waals surface area contributed by atoms with Gasteiger partial charge in [-0.25, -0.2) is 8.42 Å². The number of rotatable bonds is 11. The predicted molar refractivity (Wildman–Crippen MR) is 186 cm³/mol. The standard InChI is InChI=1S/C36H39Cl2N3O4S/c1-25-15-19-30(20-16-25)46(44,45)41(32-22-29(37)18-17-26(32)2)24-34(42)40(23-28-13-9-10-14-31(28)38)33(35(43)39-36(3,4)5)21-27-11-7-6-8-12-27/h6-20,22,33H,21,23-24H2,1-5H3,(H,39,43)/t33-/m1/s1. The molecule has 4 aromatic rings. The van der Waals surface area contributed by atoms with Crippen LogP contribution >= 0.6 is 23.2 Å². The zero-order chi connectivity index (χ0) is 33.6. The second kappa shape index (κ2) is 14.7. The van der Waals surface area contributed by atoms with Gasteiger partial charge in [0, 0.05) is 28.5 Å². The zero-order valence-electron chi connectivity index (χ0n) is 26.6. The molecular formula is C36H39Cl2N3O4S. The number of aryl methyl sites for hydroxylation is 2. The van der Waals surface area contributed by atoms with Crippen LogP contribution in [-0.2, 0) is 32.6 Å². The Balaban J connectivity index is 1.86. The van der Waals surface area contributed by atoms with Crippen LogP contribution in [0.25, 0.3) is 0 Å². The first-order chi connectivity index (χ1) is 21.7. The molecule has 0 aliphatic rings. The van der Waals surface area contributed by atoms with Gasteiger partial charge < -0.3 is 10.2 Å². The Labute approximate surface area is 282 Å². The lowest BCUT2D eigenvalue weighted by Gasteiger charge is -2.35. The van der Waals surface area contributed by atoms with E-state index in [9.17, 15) is 18.0 Å². The molecule has 1 atom stereocenters. The highest BCUT2D eigenvalue weighted by Crippen LogP contribution is 2.31. The topological polar surface area (TPSA) is 86.8 Å². The fraction of sp³-hybridized carbons (Fsp3) is 0.278. The van der Waals surface area contributed by atoms with Crippen molar-refractivity contribution in [2.24, 2.45) is 0 Å². The Hall–Kier alpha value is -3.85. The van der Waals surface area contributed by atoms with Gasteiger partial charge in [-0.2, -0.15) is 0 Å². The normalized spacial score (nSPS) is 12.3. The molecule has 7 nitrogen and oxygen atoms in total. The van der Waals surface area contributed by atoms with Crippen molar-refractivity contribution in [1.82, 2.24) is 10.2 Å². The highest BCUT2D eigenvalue weighted by molar-refractivity contribution is 7.92. The number of nitrogens with one attached hydrogen (secondary N) is 1. The first-order valence-electron chi connectivity index (χ1n) is 14.9. The minimum Gasteiger partial charge on any atom is -0.350 e. The van der Waals surface area contributed by atoms with Gasteiger partial charge in [0.25, 0.3) is 10.0 Å². The van der Waals surface area contributed by atoms with E-state index in [1.54, 1.807) is 55.5 Å². The summed E-state index contributed by atoms with van der Waals surface area (Å²) in [6, 6.07) is 26.8. The molecule has 46 heavy (non-hydrogen) atoms. The lowest BCUT2D eigenvalue weighted by Crippen LogP contribution is -2.56. The first-order valence-corrected chi connectivity index (χ1v) is 17.1. The van der Waals surface area contributed by atoms with Crippen molar-refractivity contribution in [3.63, 3.8) is 0 Å². The molecule has 2 amide bonds. The molecule has 0 aliphatic carbocycles. The molecule has 0 unspecified atom stereocenters. The number of anilines is 1. The summed E-state index contributed by atoms with van der Waals surface area (Å²) in [6.45, 7) is 8.59. The first kappa shape index (κ1) is 35.0. The van der Waals surface area contributed by atoms with Crippen molar-refractivity contribution >= 4 is 50.7 Å². The summed E-state index contributed by atoms with van der Waals surface area (Å²) in [4.78, 5) is 30.1. The fourth-order valence-electron chi connectivity index (χ4n) is 5.02. The van der Waals surface area contributed by atoms with E-state index in [4.69, 9.17) is 23.2 Å². The Morgan fingerprint density at radius 3 is 2.11 bits per heavy atom. The number of sulfonamides is 1. The van der Waals surface area contributed by atoms with E-state index in [2.05, 4.69) is 5.32 Å². The zero-order valence-corrected chi connectivity index (χ0v) is 29.0. The van der Waals surface area contributed by atoms with Crippen molar-refractivity contribution in [1.29, 1.82) is 0 Å². The van der Waals surface area contributed by atoms with Crippen LogP contribution in [0.1, 0.15) is 43.0 Å². The summed E-state index contributed by atoms with van der Waals surface area (Å²) < 4.78 is 29.6. The van der Waals surface area contributed by atoms with Gasteiger partial charge in [-0.3, -0.25) is 13.9 Å². The highest BCUT2D eigenvalue weighted by atomic mass is 35.5. The summed E-state index contributed by atoms with van der Waals surface area (Å²) in [5, 5.41) is 3.76. The van der Waals surface area contributed by atoms with Crippen LogP contribution < -0.4 is 9.62 Å². The van der Waals surface area contributed by atoms with Crippen LogP contribution in [-0.4, -0.2) is 43.3 Å². The molecule has 1 N–H and O–H groups in total. The largest absolute Gasteiger partial charge is 0.350 e. The maximum Gasteiger partial charge on any atom is 0.264 e. The van der Waals surface area contributed by atoms with Crippen molar-refractivity contribution in [2.75, 3.05) is 10.8 Å².